The molecule has 0 atom stereocenters. The second-order valence-corrected chi connectivity index (χ2v) is 4.44. The van der Waals surface area contributed by atoms with Crippen LogP contribution in [0.3, 0.4) is 0 Å². The number of ether oxygens (including phenoxy) is 2. The molecule has 2 N–H and O–H groups in total. The van der Waals surface area contributed by atoms with Crippen molar-refractivity contribution in [2.75, 3.05) is 20.8 Å². The lowest BCUT2D eigenvalue weighted by Gasteiger charge is -2.13. The number of methoxy groups -OCH3 is 2. The summed E-state index contributed by atoms with van der Waals surface area (Å²) in [4.78, 5) is 0. The molecule has 1 aromatic carbocycles. The third kappa shape index (κ3) is 3.33. The molecule has 0 aliphatic rings. The van der Waals surface area contributed by atoms with Gasteiger partial charge < -0.3 is 15.2 Å². The van der Waals surface area contributed by atoms with Crippen LogP contribution in [-0.2, 0) is 6.42 Å². The fourth-order valence-corrected chi connectivity index (χ4v) is 2.23. The lowest BCUT2D eigenvalue weighted by molar-refractivity contribution is 0.349. The van der Waals surface area contributed by atoms with Crippen LogP contribution in [0.25, 0.3) is 0 Å². The van der Waals surface area contributed by atoms with Gasteiger partial charge in [-0.15, -0.1) is 0 Å². The molecule has 96 valence electrons. The van der Waals surface area contributed by atoms with Crippen molar-refractivity contribution in [3.63, 3.8) is 0 Å². The summed E-state index contributed by atoms with van der Waals surface area (Å²) in [5.41, 5.74) is 6.03. The zero-order valence-electron chi connectivity index (χ0n) is 10.1. The lowest BCUT2D eigenvalue weighted by Crippen LogP contribution is -2.02. The van der Waals surface area contributed by atoms with E-state index in [0.29, 0.717) is 34.5 Å². The maximum atomic E-state index is 14.0. The number of unbranched alkanes of at least 4 members (excludes halogenated alkanes) is 1. The first-order valence-electron chi connectivity index (χ1n) is 5.44. The minimum atomic E-state index is -0.292. The van der Waals surface area contributed by atoms with Gasteiger partial charge in [0.05, 0.1) is 18.7 Å². The summed E-state index contributed by atoms with van der Waals surface area (Å²) in [5.74, 6) is 0.621. The summed E-state index contributed by atoms with van der Waals surface area (Å²) in [7, 11) is 3.02. The molecule has 0 saturated carbocycles. The van der Waals surface area contributed by atoms with Gasteiger partial charge in [0.25, 0.3) is 0 Å². The van der Waals surface area contributed by atoms with Gasteiger partial charge in [-0.1, -0.05) is 0 Å². The topological polar surface area (TPSA) is 44.5 Å². The van der Waals surface area contributed by atoms with Crippen LogP contribution in [0.5, 0.6) is 11.5 Å². The predicted molar refractivity (Wildman–Crippen MR) is 69.2 cm³/mol. The standard InChI is InChI=1S/C12H17BrFNO2/c1-16-9-7-8(5-3-4-6-15)11(14)10(13)12(9)17-2/h7H,3-6,15H2,1-2H3. The van der Waals surface area contributed by atoms with Gasteiger partial charge in [0.15, 0.2) is 11.5 Å². The molecule has 0 radical (unpaired) electrons. The molecular weight excluding hydrogens is 289 g/mol. The van der Waals surface area contributed by atoms with Crippen molar-refractivity contribution in [1.29, 1.82) is 0 Å². The van der Waals surface area contributed by atoms with E-state index < -0.39 is 0 Å². The van der Waals surface area contributed by atoms with Crippen LogP contribution in [0.2, 0.25) is 0 Å². The molecule has 0 saturated heterocycles. The van der Waals surface area contributed by atoms with E-state index in [9.17, 15) is 4.39 Å². The van der Waals surface area contributed by atoms with Gasteiger partial charge in [-0.25, -0.2) is 4.39 Å². The second-order valence-electron chi connectivity index (χ2n) is 3.64. The van der Waals surface area contributed by atoms with Gasteiger partial charge in [-0.3, -0.25) is 0 Å². The fourth-order valence-electron chi connectivity index (χ4n) is 1.62. The van der Waals surface area contributed by atoms with Crippen molar-refractivity contribution in [2.24, 2.45) is 5.73 Å². The molecular formula is C12H17BrFNO2. The molecule has 1 rings (SSSR count). The summed E-state index contributed by atoms with van der Waals surface area (Å²) in [6, 6.07) is 1.68. The van der Waals surface area contributed by atoms with E-state index in [2.05, 4.69) is 15.9 Å². The number of halogens is 2. The largest absolute Gasteiger partial charge is 0.493 e. The van der Waals surface area contributed by atoms with Crippen molar-refractivity contribution in [2.45, 2.75) is 19.3 Å². The van der Waals surface area contributed by atoms with Crippen LogP contribution >= 0.6 is 15.9 Å². The smallest absolute Gasteiger partial charge is 0.177 e. The lowest BCUT2D eigenvalue weighted by atomic mass is 10.1. The van der Waals surface area contributed by atoms with Gasteiger partial charge >= 0.3 is 0 Å². The number of hydrogen-bond acceptors (Lipinski definition) is 3. The molecule has 1 aromatic rings. The Morgan fingerprint density at radius 1 is 1.29 bits per heavy atom. The molecule has 17 heavy (non-hydrogen) atoms. The van der Waals surface area contributed by atoms with E-state index >= 15 is 0 Å². The number of nitrogens with two attached hydrogens (primary N) is 1. The first-order chi connectivity index (χ1) is 8.15. The molecule has 0 unspecified atom stereocenters. The van der Waals surface area contributed by atoms with Gasteiger partial charge in [0, 0.05) is 0 Å². The van der Waals surface area contributed by atoms with Gasteiger partial charge in [0.1, 0.15) is 5.82 Å². The Kier molecular flexibility index (Phi) is 5.71. The van der Waals surface area contributed by atoms with Gasteiger partial charge in [-0.2, -0.15) is 0 Å². The summed E-state index contributed by atoms with van der Waals surface area (Å²) in [5, 5.41) is 0. The van der Waals surface area contributed by atoms with Crippen molar-refractivity contribution < 1.29 is 13.9 Å². The van der Waals surface area contributed by atoms with Gasteiger partial charge in [-0.05, 0) is 53.4 Å². The molecule has 5 heteroatoms. The van der Waals surface area contributed by atoms with E-state index in [4.69, 9.17) is 15.2 Å². The van der Waals surface area contributed by atoms with Crippen molar-refractivity contribution in [3.05, 3.63) is 21.9 Å². The average Bonchev–Trinajstić information content (AvgIpc) is 2.34. The molecule has 3 nitrogen and oxygen atoms in total. The monoisotopic (exact) mass is 305 g/mol. The van der Waals surface area contributed by atoms with E-state index in [-0.39, 0.29) is 5.82 Å². The highest BCUT2D eigenvalue weighted by Gasteiger charge is 2.17. The zero-order chi connectivity index (χ0) is 12.8. The average molecular weight is 306 g/mol. The Morgan fingerprint density at radius 2 is 2.00 bits per heavy atom. The minimum Gasteiger partial charge on any atom is -0.493 e. The maximum Gasteiger partial charge on any atom is 0.177 e. The summed E-state index contributed by atoms with van der Waals surface area (Å²) in [6.07, 6.45) is 2.38. The highest BCUT2D eigenvalue weighted by atomic mass is 79.9. The fraction of sp³-hybridized carbons (Fsp3) is 0.500. The Labute approximate surface area is 109 Å². The van der Waals surface area contributed by atoms with Gasteiger partial charge in [0.2, 0.25) is 0 Å². The quantitative estimate of drug-likeness (QED) is 0.822. The third-order valence-electron chi connectivity index (χ3n) is 2.53. The SMILES string of the molecule is COc1cc(CCCCN)c(F)c(Br)c1OC. The highest BCUT2D eigenvalue weighted by Crippen LogP contribution is 2.39. The maximum absolute atomic E-state index is 14.0. The Bertz CT molecular complexity index is 385. The van der Waals surface area contributed by atoms with E-state index in [1.807, 2.05) is 0 Å². The highest BCUT2D eigenvalue weighted by molar-refractivity contribution is 9.10. The van der Waals surface area contributed by atoms with Crippen molar-refractivity contribution in [3.8, 4) is 11.5 Å². The molecule has 0 fully saturated rings. The molecule has 0 aliphatic carbocycles. The van der Waals surface area contributed by atoms with Crippen LogP contribution < -0.4 is 15.2 Å². The molecule has 0 amide bonds. The van der Waals surface area contributed by atoms with E-state index in [1.165, 1.54) is 14.2 Å². The van der Waals surface area contributed by atoms with Crippen LogP contribution in [0.1, 0.15) is 18.4 Å². The van der Waals surface area contributed by atoms with E-state index in [1.54, 1.807) is 6.07 Å². The Balaban J connectivity index is 3.02. The summed E-state index contributed by atoms with van der Waals surface area (Å²) >= 11 is 3.19. The van der Waals surface area contributed by atoms with Crippen LogP contribution in [0.15, 0.2) is 10.5 Å². The molecule has 0 aliphatic heterocycles. The second kappa shape index (κ2) is 6.81. The van der Waals surface area contributed by atoms with Crippen molar-refractivity contribution in [1.82, 2.24) is 0 Å². The Hall–Kier alpha value is -0.810. The van der Waals surface area contributed by atoms with Crippen LogP contribution in [0, 0.1) is 5.82 Å². The Morgan fingerprint density at radius 3 is 2.53 bits per heavy atom. The number of aryl methyl sites for hydroxylation is 1. The first kappa shape index (κ1) is 14.3. The minimum absolute atomic E-state index is 0.292. The summed E-state index contributed by atoms with van der Waals surface area (Å²) in [6.45, 7) is 0.621. The third-order valence-corrected chi connectivity index (χ3v) is 3.24. The molecule has 0 spiro atoms. The summed E-state index contributed by atoms with van der Waals surface area (Å²) < 4.78 is 24.6. The normalized spacial score (nSPS) is 10.4. The van der Waals surface area contributed by atoms with Crippen LogP contribution in [0.4, 0.5) is 4.39 Å². The van der Waals surface area contributed by atoms with Crippen LogP contribution in [-0.4, -0.2) is 20.8 Å². The van der Waals surface area contributed by atoms with E-state index in [0.717, 1.165) is 12.8 Å². The number of benzene rings is 1. The molecule has 0 heterocycles. The van der Waals surface area contributed by atoms with Crippen molar-refractivity contribution >= 4 is 15.9 Å². The number of rotatable bonds is 6. The molecule has 0 aromatic heterocycles. The number of hydrogen-bond donors (Lipinski definition) is 1. The zero-order valence-corrected chi connectivity index (χ0v) is 11.6. The first-order valence-corrected chi connectivity index (χ1v) is 6.23. The predicted octanol–water partition coefficient (Wildman–Crippen LogP) is 2.89. The molecule has 0 bridgehead atoms.